The largest absolute Gasteiger partial charge is 0.484 e. The molecule has 0 radical (unpaired) electrons. The highest BCUT2D eigenvalue weighted by molar-refractivity contribution is 6.00. The van der Waals surface area contributed by atoms with Crippen LogP contribution in [0.25, 0.3) is 0 Å². The van der Waals surface area contributed by atoms with Gasteiger partial charge in [-0.2, -0.15) is 0 Å². The van der Waals surface area contributed by atoms with Gasteiger partial charge in [0.2, 0.25) is 11.8 Å². The SMILES string of the molecule is Cc1ccc(C)c(NC(=O)COc2ccc(N3C[C@H](C(=O)NCC(C)C)CC3=O)cc2)c1. The fraction of sp³-hybridized carbons (Fsp3) is 0.400. The van der Waals surface area contributed by atoms with Crippen molar-refractivity contribution < 1.29 is 19.1 Å². The fourth-order valence-electron chi connectivity index (χ4n) is 3.51. The number of aryl methyl sites for hydroxylation is 2. The van der Waals surface area contributed by atoms with E-state index in [0.29, 0.717) is 30.4 Å². The zero-order chi connectivity index (χ0) is 23.3. The summed E-state index contributed by atoms with van der Waals surface area (Å²) in [5.74, 6) is 0.157. The molecule has 170 valence electrons. The molecule has 2 aromatic rings. The lowest BCUT2D eigenvalue weighted by Crippen LogP contribution is -2.35. The standard InChI is InChI=1S/C25H31N3O4/c1-16(2)13-26-25(31)19-12-24(30)28(14-19)20-7-9-21(10-8-20)32-15-23(29)27-22-11-17(3)5-6-18(22)4/h5-11,16,19H,12-15H2,1-4H3,(H,26,31)(H,27,29)/t19-/m1/s1. The molecule has 1 saturated heterocycles. The Morgan fingerprint density at radius 1 is 1.12 bits per heavy atom. The number of nitrogens with zero attached hydrogens (tertiary/aromatic N) is 1. The van der Waals surface area contributed by atoms with E-state index in [1.807, 2.05) is 45.9 Å². The van der Waals surface area contributed by atoms with Crippen LogP contribution in [-0.4, -0.2) is 37.4 Å². The Hall–Kier alpha value is -3.35. The topological polar surface area (TPSA) is 87.7 Å². The highest BCUT2D eigenvalue weighted by atomic mass is 16.5. The summed E-state index contributed by atoms with van der Waals surface area (Å²) in [4.78, 5) is 38.6. The van der Waals surface area contributed by atoms with E-state index in [1.54, 1.807) is 29.2 Å². The van der Waals surface area contributed by atoms with E-state index in [9.17, 15) is 14.4 Å². The number of carbonyl (C=O) groups excluding carboxylic acids is 3. The first-order valence-corrected chi connectivity index (χ1v) is 10.9. The zero-order valence-electron chi connectivity index (χ0n) is 19.1. The number of amides is 3. The summed E-state index contributed by atoms with van der Waals surface area (Å²) in [6.07, 6.45) is 0.209. The minimum absolute atomic E-state index is 0.0729. The van der Waals surface area contributed by atoms with Gasteiger partial charge in [0.15, 0.2) is 6.61 Å². The molecule has 1 aliphatic rings. The summed E-state index contributed by atoms with van der Waals surface area (Å²) in [5.41, 5.74) is 3.54. The second kappa shape index (κ2) is 10.3. The minimum atomic E-state index is -0.342. The molecule has 0 aromatic heterocycles. The van der Waals surface area contributed by atoms with Crippen LogP contribution in [-0.2, 0) is 14.4 Å². The highest BCUT2D eigenvalue weighted by Gasteiger charge is 2.35. The van der Waals surface area contributed by atoms with E-state index >= 15 is 0 Å². The predicted molar refractivity (Wildman–Crippen MR) is 125 cm³/mol. The molecule has 2 aromatic carbocycles. The van der Waals surface area contributed by atoms with Crippen LogP contribution in [0.5, 0.6) is 5.75 Å². The van der Waals surface area contributed by atoms with Crippen LogP contribution in [0, 0.1) is 25.7 Å². The minimum Gasteiger partial charge on any atom is -0.484 e. The van der Waals surface area contributed by atoms with Crippen LogP contribution in [0.1, 0.15) is 31.4 Å². The van der Waals surface area contributed by atoms with E-state index in [2.05, 4.69) is 10.6 Å². The van der Waals surface area contributed by atoms with E-state index in [-0.39, 0.29) is 36.7 Å². The first-order chi connectivity index (χ1) is 15.2. The summed E-state index contributed by atoms with van der Waals surface area (Å²) in [6.45, 7) is 8.82. The van der Waals surface area contributed by atoms with Gasteiger partial charge in [0.05, 0.1) is 5.92 Å². The first kappa shape index (κ1) is 23.3. The van der Waals surface area contributed by atoms with Gasteiger partial charge >= 0.3 is 0 Å². The van der Waals surface area contributed by atoms with Crippen molar-refractivity contribution in [3.8, 4) is 5.75 Å². The zero-order valence-corrected chi connectivity index (χ0v) is 19.1. The molecule has 1 aliphatic heterocycles. The van der Waals surface area contributed by atoms with E-state index in [0.717, 1.165) is 16.8 Å². The van der Waals surface area contributed by atoms with Crippen LogP contribution in [0.15, 0.2) is 42.5 Å². The maximum absolute atomic E-state index is 12.4. The second-order valence-corrected chi connectivity index (χ2v) is 8.69. The molecule has 3 rings (SSSR count). The van der Waals surface area contributed by atoms with Crippen molar-refractivity contribution in [2.45, 2.75) is 34.1 Å². The average Bonchev–Trinajstić information content (AvgIpc) is 3.15. The van der Waals surface area contributed by atoms with E-state index in [4.69, 9.17) is 4.74 Å². The third-order valence-electron chi connectivity index (χ3n) is 5.37. The smallest absolute Gasteiger partial charge is 0.262 e. The number of ether oxygens (including phenoxy) is 1. The Bertz CT molecular complexity index is 985. The molecular weight excluding hydrogens is 406 g/mol. The van der Waals surface area contributed by atoms with Crippen molar-refractivity contribution in [1.29, 1.82) is 0 Å². The summed E-state index contributed by atoms with van der Waals surface area (Å²) in [7, 11) is 0. The van der Waals surface area contributed by atoms with Crippen molar-refractivity contribution in [3.05, 3.63) is 53.6 Å². The molecule has 1 heterocycles. The van der Waals surface area contributed by atoms with Crippen LogP contribution < -0.4 is 20.3 Å². The molecule has 0 bridgehead atoms. The van der Waals surface area contributed by atoms with Crippen molar-refractivity contribution in [2.75, 3.05) is 29.9 Å². The number of hydrogen-bond acceptors (Lipinski definition) is 4. The molecule has 32 heavy (non-hydrogen) atoms. The molecule has 0 unspecified atom stereocenters. The molecule has 0 saturated carbocycles. The quantitative estimate of drug-likeness (QED) is 0.662. The third-order valence-corrected chi connectivity index (χ3v) is 5.37. The molecule has 7 nitrogen and oxygen atoms in total. The van der Waals surface area contributed by atoms with E-state index in [1.165, 1.54) is 0 Å². The lowest BCUT2D eigenvalue weighted by molar-refractivity contribution is -0.126. The Morgan fingerprint density at radius 2 is 1.84 bits per heavy atom. The molecule has 2 N–H and O–H groups in total. The summed E-state index contributed by atoms with van der Waals surface area (Å²) >= 11 is 0. The van der Waals surface area contributed by atoms with Crippen molar-refractivity contribution in [2.24, 2.45) is 11.8 Å². The van der Waals surface area contributed by atoms with Crippen LogP contribution >= 0.6 is 0 Å². The lowest BCUT2D eigenvalue weighted by atomic mass is 10.1. The predicted octanol–water partition coefficient (Wildman–Crippen LogP) is 3.45. The third kappa shape index (κ3) is 6.09. The number of nitrogens with one attached hydrogen (secondary N) is 2. The molecule has 1 fully saturated rings. The Kier molecular flexibility index (Phi) is 7.51. The van der Waals surface area contributed by atoms with Crippen molar-refractivity contribution in [3.63, 3.8) is 0 Å². The number of anilines is 2. The first-order valence-electron chi connectivity index (χ1n) is 10.9. The highest BCUT2D eigenvalue weighted by Crippen LogP contribution is 2.27. The number of carbonyl (C=O) groups is 3. The second-order valence-electron chi connectivity index (χ2n) is 8.69. The van der Waals surface area contributed by atoms with Gasteiger partial charge in [0.1, 0.15) is 5.75 Å². The van der Waals surface area contributed by atoms with Gasteiger partial charge in [0.25, 0.3) is 5.91 Å². The number of hydrogen-bond donors (Lipinski definition) is 2. The molecule has 0 aliphatic carbocycles. The summed E-state index contributed by atoms with van der Waals surface area (Å²) < 4.78 is 5.59. The van der Waals surface area contributed by atoms with Gasteiger partial charge in [-0.05, 0) is 61.2 Å². The van der Waals surface area contributed by atoms with Gasteiger partial charge in [-0.25, -0.2) is 0 Å². The maximum atomic E-state index is 12.4. The summed E-state index contributed by atoms with van der Waals surface area (Å²) in [5, 5.41) is 5.76. The lowest BCUT2D eigenvalue weighted by Gasteiger charge is -2.17. The Balaban J connectivity index is 1.52. The Morgan fingerprint density at radius 3 is 2.53 bits per heavy atom. The molecule has 3 amide bonds. The number of rotatable bonds is 8. The van der Waals surface area contributed by atoms with Crippen molar-refractivity contribution in [1.82, 2.24) is 5.32 Å². The molecule has 0 spiro atoms. The molecule has 1 atom stereocenters. The molecule has 7 heteroatoms. The monoisotopic (exact) mass is 437 g/mol. The van der Waals surface area contributed by atoms with Gasteiger partial charge in [-0.3, -0.25) is 14.4 Å². The molecular formula is C25H31N3O4. The van der Waals surface area contributed by atoms with Crippen LogP contribution in [0.4, 0.5) is 11.4 Å². The normalized spacial score (nSPS) is 15.7. The van der Waals surface area contributed by atoms with Crippen LogP contribution in [0.3, 0.4) is 0 Å². The maximum Gasteiger partial charge on any atom is 0.262 e. The fourth-order valence-corrected chi connectivity index (χ4v) is 3.51. The van der Waals surface area contributed by atoms with Crippen molar-refractivity contribution >= 4 is 29.1 Å². The number of benzene rings is 2. The average molecular weight is 438 g/mol. The van der Waals surface area contributed by atoms with E-state index < -0.39 is 0 Å². The van der Waals surface area contributed by atoms with Gasteiger partial charge in [0, 0.05) is 30.9 Å². The van der Waals surface area contributed by atoms with Gasteiger partial charge < -0.3 is 20.3 Å². The Labute approximate surface area is 189 Å². The van der Waals surface area contributed by atoms with Crippen LogP contribution in [0.2, 0.25) is 0 Å². The summed E-state index contributed by atoms with van der Waals surface area (Å²) in [6, 6.07) is 12.9. The van der Waals surface area contributed by atoms with Gasteiger partial charge in [-0.1, -0.05) is 26.0 Å². The van der Waals surface area contributed by atoms with Gasteiger partial charge in [-0.15, -0.1) is 0 Å².